The van der Waals surface area contributed by atoms with E-state index < -0.39 is 5.60 Å². The molecular formula is C18H21NO. The number of nitrogens with zero attached hydrogens (tertiary/aromatic N) is 1. The topological polar surface area (TPSA) is 23.5 Å². The van der Waals surface area contributed by atoms with Gasteiger partial charge in [0.25, 0.3) is 0 Å². The maximum Gasteiger partial charge on any atom is 0.0758 e. The number of rotatable bonds is 3. The fourth-order valence-electron chi connectivity index (χ4n) is 2.87. The van der Waals surface area contributed by atoms with E-state index in [2.05, 4.69) is 53.4 Å². The van der Waals surface area contributed by atoms with Gasteiger partial charge >= 0.3 is 0 Å². The first-order valence-corrected chi connectivity index (χ1v) is 7.22. The molecule has 2 nitrogen and oxygen atoms in total. The fourth-order valence-corrected chi connectivity index (χ4v) is 2.87. The van der Waals surface area contributed by atoms with Gasteiger partial charge in [0.1, 0.15) is 0 Å². The van der Waals surface area contributed by atoms with E-state index in [1.807, 2.05) is 13.0 Å². The molecule has 1 aliphatic rings. The van der Waals surface area contributed by atoms with Crippen molar-refractivity contribution in [3.05, 3.63) is 60.2 Å². The molecule has 0 amide bonds. The number of likely N-dealkylation sites (tertiary alicyclic amines) is 1. The Morgan fingerprint density at radius 1 is 1.00 bits per heavy atom. The predicted octanol–water partition coefficient (Wildman–Crippen LogP) is 3.31. The molecule has 0 spiro atoms. The largest absolute Gasteiger partial charge is 0.389 e. The fraction of sp³-hybridized carbons (Fsp3) is 0.333. The van der Waals surface area contributed by atoms with E-state index in [1.54, 1.807) is 0 Å². The molecule has 2 aromatic carbocycles. The van der Waals surface area contributed by atoms with Crippen LogP contribution in [-0.4, -0.2) is 28.7 Å². The van der Waals surface area contributed by atoms with Gasteiger partial charge in [-0.15, -0.1) is 0 Å². The quantitative estimate of drug-likeness (QED) is 0.922. The van der Waals surface area contributed by atoms with Gasteiger partial charge < -0.3 is 5.11 Å². The highest BCUT2D eigenvalue weighted by Gasteiger charge is 2.30. The van der Waals surface area contributed by atoms with Crippen molar-refractivity contribution in [2.24, 2.45) is 0 Å². The summed E-state index contributed by atoms with van der Waals surface area (Å²) >= 11 is 0. The molecule has 1 N–H and O–H groups in total. The first-order chi connectivity index (χ1) is 9.62. The number of β-amino-alcohol motifs (C(OH)–C–C–N with tert-alkyl or cyclic N) is 1. The lowest BCUT2D eigenvalue weighted by Crippen LogP contribution is -2.29. The van der Waals surface area contributed by atoms with Crippen LogP contribution in [0, 0.1) is 0 Å². The van der Waals surface area contributed by atoms with Crippen molar-refractivity contribution in [2.75, 3.05) is 13.1 Å². The standard InChI is InChI=1S/C18H21NO/c1-18(20)11-12-19(14-18)13-15-7-9-17(10-8-15)16-5-3-2-4-6-16/h2-10,20H,11-14H2,1H3. The molecule has 0 aromatic heterocycles. The molecule has 3 rings (SSSR count). The summed E-state index contributed by atoms with van der Waals surface area (Å²) in [6.45, 7) is 4.59. The Morgan fingerprint density at radius 3 is 2.25 bits per heavy atom. The lowest BCUT2D eigenvalue weighted by atomic mass is 10.0. The maximum absolute atomic E-state index is 9.99. The summed E-state index contributed by atoms with van der Waals surface area (Å²) in [5, 5.41) is 9.99. The van der Waals surface area contributed by atoms with E-state index in [0.29, 0.717) is 0 Å². The average Bonchev–Trinajstić information content (AvgIpc) is 2.80. The van der Waals surface area contributed by atoms with Gasteiger partial charge in [0.05, 0.1) is 5.60 Å². The molecule has 0 saturated carbocycles. The lowest BCUT2D eigenvalue weighted by molar-refractivity contribution is 0.0679. The monoisotopic (exact) mass is 267 g/mol. The van der Waals surface area contributed by atoms with Crippen molar-refractivity contribution >= 4 is 0 Å². The van der Waals surface area contributed by atoms with E-state index in [0.717, 1.165) is 26.1 Å². The van der Waals surface area contributed by atoms with Crippen LogP contribution in [0.1, 0.15) is 18.9 Å². The highest BCUT2D eigenvalue weighted by molar-refractivity contribution is 5.63. The second-order valence-corrected chi connectivity index (χ2v) is 6.02. The summed E-state index contributed by atoms with van der Waals surface area (Å²) in [6.07, 6.45) is 0.870. The first-order valence-electron chi connectivity index (χ1n) is 7.22. The molecule has 0 bridgehead atoms. The van der Waals surface area contributed by atoms with Gasteiger partial charge in [0.15, 0.2) is 0 Å². The van der Waals surface area contributed by atoms with Gasteiger partial charge in [0, 0.05) is 19.6 Å². The van der Waals surface area contributed by atoms with Crippen LogP contribution in [0.3, 0.4) is 0 Å². The molecule has 2 aromatic rings. The Balaban J connectivity index is 1.68. The summed E-state index contributed by atoms with van der Waals surface area (Å²) in [5.41, 5.74) is 3.30. The van der Waals surface area contributed by atoms with Gasteiger partial charge in [-0.05, 0) is 30.0 Å². The van der Waals surface area contributed by atoms with Crippen LogP contribution in [0.2, 0.25) is 0 Å². The predicted molar refractivity (Wildman–Crippen MR) is 82.4 cm³/mol. The smallest absolute Gasteiger partial charge is 0.0758 e. The minimum Gasteiger partial charge on any atom is -0.389 e. The summed E-state index contributed by atoms with van der Waals surface area (Å²) < 4.78 is 0. The summed E-state index contributed by atoms with van der Waals surface area (Å²) in [4.78, 5) is 2.32. The summed E-state index contributed by atoms with van der Waals surface area (Å²) in [7, 11) is 0. The van der Waals surface area contributed by atoms with Crippen molar-refractivity contribution in [1.82, 2.24) is 4.90 Å². The van der Waals surface area contributed by atoms with Gasteiger partial charge in [-0.1, -0.05) is 54.6 Å². The Kier molecular flexibility index (Phi) is 3.60. The molecular weight excluding hydrogens is 246 g/mol. The Bertz CT molecular complexity index is 560. The zero-order valence-corrected chi connectivity index (χ0v) is 11.9. The van der Waals surface area contributed by atoms with E-state index in [-0.39, 0.29) is 0 Å². The number of aliphatic hydroxyl groups is 1. The highest BCUT2D eigenvalue weighted by atomic mass is 16.3. The van der Waals surface area contributed by atoms with Crippen LogP contribution >= 0.6 is 0 Å². The summed E-state index contributed by atoms with van der Waals surface area (Å²) in [6, 6.07) is 19.2. The number of hydrogen-bond donors (Lipinski definition) is 1. The molecule has 1 unspecified atom stereocenters. The zero-order chi connectivity index (χ0) is 14.0. The highest BCUT2D eigenvalue weighted by Crippen LogP contribution is 2.23. The zero-order valence-electron chi connectivity index (χ0n) is 11.9. The molecule has 1 heterocycles. The second-order valence-electron chi connectivity index (χ2n) is 6.02. The van der Waals surface area contributed by atoms with Crippen molar-refractivity contribution in [3.8, 4) is 11.1 Å². The third-order valence-electron chi connectivity index (χ3n) is 4.00. The minimum atomic E-state index is -0.510. The van der Waals surface area contributed by atoms with Gasteiger partial charge in [-0.3, -0.25) is 4.90 Å². The van der Waals surface area contributed by atoms with Crippen LogP contribution < -0.4 is 0 Å². The molecule has 0 aliphatic carbocycles. The van der Waals surface area contributed by atoms with Crippen molar-refractivity contribution in [2.45, 2.75) is 25.5 Å². The van der Waals surface area contributed by atoms with E-state index in [9.17, 15) is 5.11 Å². The minimum absolute atomic E-state index is 0.510. The molecule has 1 fully saturated rings. The van der Waals surface area contributed by atoms with Crippen LogP contribution in [0.5, 0.6) is 0 Å². The summed E-state index contributed by atoms with van der Waals surface area (Å²) in [5.74, 6) is 0. The molecule has 0 radical (unpaired) electrons. The maximum atomic E-state index is 9.99. The second kappa shape index (κ2) is 5.39. The van der Waals surface area contributed by atoms with Gasteiger partial charge in [-0.2, -0.15) is 0 Å². The van der Waals surface area contributed by atoms with Crippen molar-refractivity contribution in [3.63, 3.8) is 0 Å². The van der Waals surface area contributed by atoms with Gasteiger partial charge in [-0.25, -0.2) is 0 Å². The van der Waals surface area contributed by atoms with Crippen LogP contribution in [-0.2, 0) is 6.54 Å². The van der Waals surface area contributed by atoms with Crippen LogP contribution in [0.4, 0.5) is 0 Å². The molecule has 104 valence electrons. The number of hydrogen-bond acceptors (Lipinski definition) is 2. The normalized spacial score (nSPS) is 23.1. The molecule has 2 heteroatoms. The Labute approximate surface area is 120 Å². The van der Waals surface area contributed by atoms with Crippen LogP contribution in [0.25, 0.3) is 11.1 Å². The van der Waals surface area contributed by atoms with Gasteiger partial charge in [0.2, 0.25) is 0 Å². The average molecular weight is 267 g/mol. The molecule has 20 heavy (non-hydrogen) atoms. The van der Waals surface area contributed by atoms with E-state index in [1.165, 1.54) is 16.7 Å². The van der Waals surface area contributed by atoms with Crippen molar-refractivity contribution < 1.29 is 5.11 Å². The number of benzene rings is 2. The van der Waals surface area contributed by atoms with Crippen molar-refractivity contribution in [1.29, 1.82) is 0 Å². The molecule has 1 saturated heterocycles. The third-order valence-corrected chi connectivity index (χ3v) is 4.00. The third kappa shape index (κ3) is 3.09. The lowest BCUT2D eigenvalue weighted by Gasteiger charge is -2.18. The van der Waals surface area contributed by atoms with E-state index in [4.69, 9.17) is 0 Å². The van der Waals surface area contributed by atoms with Crippen LogP contribution in [0.15, 0.2) is 54.6 Å². The van der Waals surface area contributed by atoms with E-state index >= 15 is 0 Å². The molecule has 1 atom stereocenters. The first kappa shape index (κ1) is 13.3. The Hall–Kier alpha value is -1.64. The SMILES string of the molecule is CC1(O)CCN(Cc2ccc(-c3ccccc3)cc2)C1. The molecule has 1 aliphatic heterocycles. The Morgan fingerprint density at radius 2 is 1.65 bits per heavy atom.